The Morgan fingerprint density at radius 2 is 1.53 bits per heavy atom. The summed E-state index contributed by atoms with van der Waals surface area (Å²) in [6, 6.07) is 14.8. The normalized spacial score (nSPS) is 10.8. The molecular weight excluding hydrogens is 472 g/mol. The average molecular weight is 497 g/mol. The van der Waals surface area contributed by atoms with Crippen molar-refractivity contribution in [1.82, 2.24) is 0 Å². The van der Waals surface area contributed by atoms with Gasteiger partial charge in [-0.2, -0.15) is 0 Å². The van der Waals surface area contributed by atoms with Crippen molar-refractivity contribution < 1.29 is 19.0 Å². The smallest absolute Gasteiger partial charge is 0.324 e. The fourth-order valence-corrected chi connectivity index (χ4v) is 5.17. The lowest BCUT2D eigenvalue weighted by atomic mass is 10.0. The SMILES string of the molecule is COc1cc(OC)c(NC(=O)Nc2sc3cc(C)c(C)cc3c2-c2ccccc2Cl)c(OC)c1. The van der Waals surface area contributed by atoms with E-state index < -0.39 is 6.03 Å². The van der Waals surface area contributed by atoms with Crippen LogP contribution < -0.4 is 24.8 Å². The molecular formula is C26H25ClN2O4S. The first-order chi connectivity index (χ1) is 16.4. The first-order valence-electron chi connectivity index (χ1n) is 10.5. The number of ether oxygens (including phenoxy) is 3. The summed E-state index contributed by atoms with van der Waals surface area (Å²) in [5.41, 5.74) is 4.49. The van der Waals surface area contributed by atoms with Crippen LogP contribution in [0.3, 0.4) is 0 Å². The molecule has 2 N–H and O–H groups in total. The molecule has 0 atom stereocenters. The zero-order valence-corrected chi connectivity index (χ0v) is 21.1. The first-order valence-corrected chi connectivity index (χ1v) is 11.7. The number of nitrogens with one attached hydrogen (secondary N) is 2. The number of halogens is 1. The number of aryl methyl sites for hydroxylation is 2. The molecule has 0 aliphatic rings. The zero-order chi connectivity index (χ0) is 24.4. The van der Waals surface area contributed by atoms with E-state index in [2.05, 4.69) is 36.6 Å². The van der Waals surface area contributed by atoms with Gasteiger partial charge in [-0.1, -0.05) is 29.8 Å². The van der Waals surface area contributed by atoms with Gasteiger partial charge >= 0.3 is 6.03 Å². The van der Waals surface area contributed by atoms with Gasteiger partial charge in [-0.15, -0.1) is 11.3 Å². The van der Waals surface area contributed by atoms with Gasteiger partial charge in [-0.3, -0.25) is 5.32 Å². The van der Waals surface area contributed by atoms with Crippen molar-refractivity contribution in [2.24, 2.45) is 0 Å². The predicted molar refractivity (Wildman–Crippen MR) is 140 cm³/mol. The van der Waals surface area contributed by atoms with Gasteiger partial charge in [0.05, 0.1) is 21.3 Å². The van der Waals surface area contributed by atoms with Crippen LogP contribution in [0.1, 0.15) is 11.1 Å². The maximum Gasteiger partial charge on any atom is 0.324 e. The summed E-state index contributed by atoms with van der Waals surface area (Å²) in [5.74, 6) is 1.39. The van der Waals surface area contributed by atoms with Gasteiger partial charge in [0, 0.05) is 38.4 Å². The molecule has 3 aromatic carbocycles. The Bertz CT molecular complexity index is 1360. The molecule has 0 bridgehead atoms. The number of urea groups is 1. The fraction of sp³-hybridized carbons (Fsp3) is 0.192. The van der Waals surface area contributed by atoms with Crippen LogP contribution >= 0.6 is 22.9 Å². The summed E-state index contributed by atoms with van der Waals surface area (Å²) in [7, 11) is 4.59. The van der Waals surface area contributed by atoms with E-state index >= 15 is 0 Å². The number of amides is 2. The summed E-state index contributed by atoms with van der Waals surface area (Å²) < 4.78 is 17.2. The van der Waals surface area contributed by atoms with E-state index in [0.29, 0.717) is 33.0 Å². The maximum absolute atomic E-state index is 13.2. The Hall–Kier alpha value is -3.42. The number of fused-ring (bicyclic) bond motifs is 1. The molecule has 6 nitrogen and oxygen atoms in total. The first kappa shape index (κ1) is 23.7. The van der Waals surface area contributed by atoms with Crippen LogP contribution in [-0.4, -0.2) is 27.4 Å². The lowest BCUT2D eigenvalue weighted by Gasteiger charge is -2.16. The van der Waals surface area contributed by atoms with Crippen molar-refractivity contribution >= 4 is 49.7 Å². The third kappa shape index (κ3) is 4.49. The van der Waals surface area contributed by atoms with Gasteiger partial charge in [0.1, 0.15) is 27.9 Å². The van der Waals surface area contributed by atoms with E-state index in [0.717, 1.165) is 21.2 Å². The molecule has 0 fully saturated rings. The van der Waals surface area contributed by atoms with Crippen molar-refractivity contribution in [2.75, 3.05) is 32.0 Å². The molecule has 176 valence electrons. The van der Waals surface area contributed by atoms with E-state index in [9.17, 15) is 4.79 Å². The van der Waals surface area contributed by atoms with Gasteiger partial charge in [0.2, 0.25) is 0 Å². The predicted octanol–water partition coefficient (Wildman–Crippen LogP) is 7.51. The zero-order valence-electron chi connectivity index (χ0n) is 19.5. The Labute approximate surface area is 207 Å². The lowest BCUT2D eigenvalue weighted by Crippen LogP contribution is -2.20. The second kappa shape index (κ2) is 9.83. The second-order valence-electron chi connectivity index (χ2n) is 7.70. The number of anilines is 2. The number of carbonyl (C=O) groups is 1. The van der Waals surface area contributed by atoms with E-state index in [1.807, 2.05) is 24.3 Å². The minimum absolute atomic E-state index is 0.399. The van der Waals surface area contributed by atoms with Crippen molar-refractivity contribution in [3.05, 3.63) is 64.7 Å². The third-order valence-corrected chi connectivity index (χ3v) is 7.03. The Morgan fingerprint density at radius 1 is 0.882 bits per heavy atom. The summed E-state index contributed by atoms with van der Waals surface area (Å²) in [6.45, 7) is 4.15. The standard InChI is InChI=1S/C26H25ClN2O4S/c1-14-10-18-22(11-15(14)2)34-25(23(18)17-8-6-7-9-19(17)27)29-26(30)28-24-20(32-4)12-16(31-3)13-21(24)33-5/h6-13H,1-5H3,(H2,28,29,30). The maximum atomic E-state index is 13.2. The molecule has 0 spiro atoms. The number of benzene rings is 3. The summed E-state index contributed by atoms with van der Waals surface area (Å²) in [5, 5.41) is 8.21. The van der Waals surface area contributed by atoms with Crippen LogP contribution in [0.4, 0.5) is 15.5 Å². The molecule has 0 aliphatic carbocycles. The van der Waals surface area contributed by atoms with Gasteiger partial charge in [-0.25, -0.2) is 4.79 Å². The molecule has 0 unspecified atom stereocenters. The topological polar surface area (TPSA) is 68.8 Å². The molecule has 4 aromatic rings. The molecule has 0 radical (unpaired) electrons. The Morgan fingerprint density at radius 3 is 2.15 bits per heavy atom. The second-order valence-corrected chi connectivity index (χ2v) is 9.16. The quantitative estimate of drug-likeness (QED) is 0.290. The summed E-state index contributed by atoms with van der Waals surface area (Å²) in [4.78, 5) is 13.2. The molecule has 0 saturated carbocycles. The highest BCUT2D eigenvalue weighted by molar-refractivity contribution is 7.23. The van der Waals surface area contributed by atoms with E-state index in [-0.39, 0.29) is 0 Å². The van der Waals surface area contributed by atoms with Crippen molar-refractivity contribution in [3.8, 4) is 28.4 Å². The van der Waals surface area contributed by atoms with E-state index in [1.165, 1.54) is 36.7 Å². The number of hydrogen-bond donors (Lipinski definition) is 2. The molecule has 2 amide bonds. The van der Waals surface area contributed by atoms with Crippen LogP contribution in [0, 0.1) is 13.8 Å². The van der Waals surface area contributed by atoms with Gasteiger partial charge < -0.3 is 19.5 Å². The van der Waals surface area contributed by atoms with Crippen LogP contribution in [0.5, 0.6) is 17.2 Å². The number of thiophene rings is 1. The Kier molecular flexibility index (Phi) is 6.86. The minimum atomic E-state index is -0.435. The number of carbonyl (C=O) groups excluding carboxylic acids is 1. The average Bonchev–Trinajstić information content (AvgIpc) is 3.15. The van der Waals surface area contributed by atoms with Gasteiger partial charge in [0.25, 0.3) is 0 Å². The van der Waals surface area contributed by atoms with Gasteiger partial charge in [-0.05, 0) is 43.2 Å². The van der Waals surface area contributed by atoms with Crippen LogP contribution in [0.2, 0.25) is 5.02 Å². The molecule has 8 heteroatoms. The molecule has 1 aromatic heterocycles. The van der Waals surface area contributed by atoms with E-state index in [4.69, 9.17) is 25.8 Å². The monoisotopic (exact) mass is 496 g/mol. The summed E-state index contributed by atoms with van der Waals surface area (Å²) in [6.07, 6.45) is 0. The highest BCUT2D eigenvalue weighted by Crippen LogP contribution is 2.46. The van der Waals surface area contributed by atoms with Crippen molar-refractivity contribution in [3.63, 3.8) is 0 Å². The summed E-state index contributed by atoms with van der Waals surface area (Å²) >= 11 is 8.07. The van der Waals surface area contributed by atoms with Crippen molar-refractivity contribution in [2.45, 2.75) is 13.8 Å². The third-order valence-electron chi connectivity index (χ3n) is 5.63. The van der Waals surface area contributed by atoms with Gasteiger partial charge in [0.15, 0.2) is 0 Å². The molecule has 0 saturated heterocycles. The van der Waals surface area contributed by atoms with Crippen LogP contribution in [0.15, 0.2) is 48.5 Å². The van der Waals surface area contributed by atoms with Crippen molar-refractivity contribution in [1.29, 1.82) is 0 Å². The number of methoxy groups -OCH3 is 3. The molecule has 34 heavy (non-hydrogen) atoms. The molecule has 1 heterocycles. The minimum Gasteiger partial charge on any atom is -0.496 e. The highest BCUT2D eigenvalue weighted by atomic mass is 35.5. The largest absolute Gasteiger partial charge is 0.496 e. The molecule has 0 aliphatic heterocycles. The molecule has 4 rings (SSSR count). The fourth-order valence-electron chi connectivity index (χ4n) is 3.75. The number of rotatable bonds is 6. The number of hydrogen-bond acceptors (Lipinski definition) is 5. The van der Waals surface area contributed by atoms with Crippen LogP contribution in [0.25, 0.3) is 21.2 Å². The highest BCUT2D eigenvalue weighted by Gasteiger charge is 2.21. The van der Waals surface area contributed by atoms with E-state index in [1.54, 1.807) is 19.2 Å². The Balaban J connectivity index is 1.77. The van der Waals surface area contributed by atoms with Crippen LogP contribution in [-0.2, 0) is 0 Å². The lowest BCUT2D eigenvalue weighted by molar-refractivity contribution is 0.262.